The van der Waals surface area contributed by atoms with Crippen LogP contribution in [0.1, 0.15) is 35.2 Å². The van der Waals surface area contributed by atoms with Crippen molar-refractivity contribution >= 4 is 46.0 Å². The number of hydrogen-bond acceptors (Lipinski definition) is 5. The average molecular weight is 623 g/mol. The first-order valence-electron chi connectivity index (χ1n) is 12.8. The lowest BCUT2D eigenvalue weighted by Gasteiger charge is -2.40. The van der Waals surface area contributed by atoms with Crippen molar-refractivity contribution in [2.24, 2.45) is 0 Å². The molecule has 5 rings (SSSR count). The average Bonchev–Trinajstić information content (AvgIpc) is 3.24. The van der Waals surface area contributed by atoms with E-state index in [0.717, 1.165) is 36.0 Å². The van der Waals surface area contributed by atoms with Gasteiger partial charge in [-0.25, -0.2) is 4.90 Å². The number of piperidine rings is 1. The fourth-order valence-electron chi connectivity index (χ4n) is 5.34. The number of carbonyl (C=O) groups excluding carboxylic acids is 3. The molecular formula is C30H30IN3O4. The van der Waals surface area contributed by atoms with Crippen molar-refractivity contribution in [1.82, 2.24) is 9.80 Å². The van der Waals surface area contributed by atoms with Gasteiger partial charge in [0, 0.05) is 34.8 Å². The molecule has 0 bridgehead atoms. The second-order valence-electron chi connectivity index (χ2n) is 9.70. The molecule has 2 fully saturated rings. The molecule has 2 saturated heterocycles. The fourth-order valence-corrected chi connectivity index (χ4v) is 5.70. The summed E-state index contributed by atoms with van der Waals surface area (Å²) in [5.41, 5.74) is 2.27. The Bertz CT molecular complexity index is 1290. The van der Waals surface area contributed by atoms with Crippen LogP contribution in [0.4, 0.5) is 5.69 Å². The van der Waals surface area contributed by atoms with E-state index in [9.17, 15) is 14.4 Å². The van der Waals surface area contributed by atoms with Crippen molar-refractivity contribution in [3.8, 4) is 5.75 Å². The molecule has 38 heavy (non-hydrogen) atoms. The van der Waals surface area contributed by atoms with Crippen molar-refractivity contribution in [3.63, 3.8) is 0 Å². The van der Waals surface area contributed by atoms with Crippen LogP contribution >= 0.6 is 22.6 Å². The van der Waals surface area contributed by atoms with Crippen molar-refractivity contribution in [2.45, 2.75) is 37.9 Å². The van der Waals surface area contributed by atoms with Crippen LogP contribution in [0.15, 0.2) is 78.9 Å². The van der Waals surface area contributed by atoms with Crippen LogP contribution in [0.3, 0.4) is 0 Å². The number of anilines is 1. The zero-order valence-electron chi connectivity index (χ0n) is 21.3. The van der Waals surface area contributed by atoms with Gasteiger partial charge in [0.15, 0.2) is 0 Å². The molecule has 8 heteroatoms. The molecule has 1 unspecified atom stereocenters. The van der Waals surface area contributed by atoms with Crippen molar-refractivity contribution in [3.05, 3.63) is 93.6 Å². The molecule has 0 radical (unpaired) electrons. The predicted octanol–water partition coefficient (Wildman–Crippen LogP) is 4.74. The second-order valence-corrected chi connectivity index (χ2v) is 10.9. The summed E-state index contributed by atoms with van der Waals surface area (Å²) in [6.07, 6.45) is 1.45. The Hall–Kier alpha value is -3.24. The quantitative estimate of drug-likeness (QED) is 0.281. The number of halogens is 1. The number of benzene rings is 3. The maximum atomic E-state index is 13.9. The van der Waals surface area contributed by atoms with Gasteiger partial charge in [0.25, 0.3) is 11.8 Å². The standard InChI is InChI=1S/C30H30IN3O4/c1-38-26-13-7-22(8-14-26)29(36)33(25-15-17-32(18-16-25)20-21-5-3-2-4-6-21)27-19-28(35)34(30(27)37)24-11-9-23(31)10-12-24/h2-14,25,27H,15-20H2,1H3. The summed E-state index contributed by atoms with van der Waals surface area (Å²) in [5, 5.41) is 0. The molecule has 0 aliphatic carbocycles. The van der Waals surface area contributed by atoms with Crippen molar-refractivity contribution in [1.29, 1.82) is 0 Å². The third kappa shape index (κ3) is 5.61. The minimum atomic E-state index is -0.831. The Morgan fingerprint density at radius 2 is 1.61 bits per heavy atom. The minimum absolute atomic E-state index is 0.0169. The topological polar surface area (TPSA) is 70.2 Å². The lowest BCUT2D eigenvalue weighted by Crippen LogP contribution is -2.54. The van der Waals surface area contributed by atoms with Gasteiger partial charge in [-0.2, -0.15) is 0 Å². The molecule has 196 valence electrons. The van der Waals surface area contributed by atoms with Gasteiger partial charge >= 0.3 is 0 Å². The van der Waals surface area contributed by atoms with E-state index in [-0.39, 0.29) is 30.2 Å². The van der Waals surface area contributed by atoms with E-state index < -0.39 is 6.04 Å². The molecule has 2 aliphatic heterocycles. The van der Waals surface area contributed by atoms with Crippen LogP contribution in [0.2, 0.25) is 0 Å². The Balaban J connectivity index is 1.39. The van der Waals surface area contributed by atoms with Crippen molar-refractivity contribution < 1.29 is 19.1 Å². The first-order valence-corrected chi connectivity index (χ1v) is 13.9. The van der Waals surface area contributed by atoms with E-state index in [1.54, 1.807) is 48.4 Å². The molecule has 2 aliphatic rings. The smallest absolute Gasteiger partial charge is 0.257 e. The van der Waals surface area contributed by atoms with E-state index in [0.29, 0.717) is 17.0 Å². The number of nitrogens with zero attached hydrogens (tertiary/aromatic N) is 3. The SMILES string of the molecule is COc1ccc(C(=O)N(C2CCN(Cc3ccccc3)CC2)C2CC(=O)N(c3ccc(I)cc3)C2=O)cc1. The Morgan fingerprint density at radius 1 is 0.947 bits per heavy atom. The molecule has 3 aromatic carbocycles. The normalized spacial score (nSPS) is 18.6. The third-order valence-corrected chi connectivity index (χ3v) is 8.03. The number of imide groups is 1. The van der Waals surface area contributed by atoms with E-state index >= 15 is 0 Å². The summed E-state index contributed by atoms with van der Waals surface area (Å²) in [6, 6.07) is 23.6. The van der Waals surface area contributed by atoms with Crippen LogP contribution in [0.25, 0.3) is 0 Å². The second kappa shape index (κ2) is 11.7. The summed E-state index contributed by atoms with van der Waals surface area (Å²) in [5.74, 6) is -0.205. The Kier molecular flexibility index (Phi) is 8.09. The van der Waals surface area contributed by atoms with Gasteiger partial charge in [-0.1, -0.05) is 30.3 Å². The summed E-state index contributed by atoms with van der Waals surface area (Å²) >= 11 is 2.19. The fraction of sp³-hybridized carbons (Fsp3) is 0.300. The van der Waals surface area contributed by atoms with Gasteiger partial charge in [-0.15, -0.1) is 0 Å². The van der Waals surface area contributed by atoms with Gasteiger partial charge in [0.2, 0.25) is 5.91 Å². The van der Waals surface area contributed by atoms with Crippen molar-refractivity contribution in [2.75, 3.05) is 25.1 Å². The van der Waals surface area contributed by atoms with E-state index in [2.05, 4.69) is 39.6 Å². The predicted molar refractivity (Wildman–Crippen MR) is 154 cm³/mol. The highest BCUT2D eigenvalue weighted by Gasteiger charge is 2.47. The molecule has 7 nitrogen and oxygen atoms in total. The van der Waals surface area contributed by atoms with Gasteiger partial charge in [-0.05, 0) is 89.5 Å². The Morgan fingerprint density at radius 3 is 2.24 bits per heavy atom. The summed E-state index contributed by atoms with van der Waals surface area (Å²) in [7, 11) is 1.58. The van der Waals surface area contributed by atoms with Crippen LogP contribution in [-0.4, -0.2) is 59.8 Å². The number of hydrogen-bond donors (Lipinski definition) is 0. The van der Waals surface area contributed by atoms with Gasteiger partial charge in [0.1, 0.15) is 11.8 Å². The lowest BCUT2D eigenvalue weighted by atomic mass is 9.98. The van der Waals surface area contributed by atoms with Crippen LogP contribution in [0.5, 0.6) is 5.75 Å². The highest BCUT2D eigenvalue weighted by molar-refractivity contribution is 14.1. The van der Waals surface area contributed by atoms with Gasteiger partial charge < -0.3 is 9.64 Å². The minimum Gasteiger partial charge on any atom is -0.497 e. The number of ether oxygens (including phenoxy) is 1. The number of likely N-dealkylation sites (tertiary alicyclic amines) is 1. The maximum Gasteiger partial charge on any atom is 0.257 e. The highest BCUT2D eigenvalue weighted by atomic mass is 127. The van der Waals surface area contributed by atoms with E-state index in [4.69, 9.17) is 4.74 Å². The number of methoxy groups -OCH3 is 1. The molecule has 0 spiro atoms. The molecular weight excluding hydrogens is 593 g/mol. The third-order valence-electron chi connectivity index (χ3n) is 7.31. The van der Waals surface area contributed by atoms with Gasteiger partial charge in [0.05, 0.1) is 19.2 Å². The molecule has 3 amide bonds. The first-order chi connectivity index (χ1) is 18.4. The van der Waals surface area contributed by atoms with Gasteiger partial charge in [-0.3, -0.25) is 19.3 Å². The summed E-state index contributed by atoms with van der Waals surface area (Å²) in [6.45, 7) is 2.46. The summed E-state index contributed by atoms with van der Waals surface area (Å²) < 4.78 is 6.27. The zero-order valence-corrected chi connectivity index (χ0v) is 23.4. The van der Waals surface area contributed by atoms with E-state index in [1.165, 1.54) is 10.5 Å². The molecule has 2 heterocycles. The molecule has 0 N–H and O–H groups in total. The van der Waals surface area contributed by atoms with Crippen LogP contribution in [0, 0.1) is 3.57 Å². The first kappa shape index (κ1) is 26.4. The number of rotatable bonds is 7. The van der Waals surface area contributed by atoms with E-state index in [1.807, 2.05) is 30.3 Å². The highest BCUT2D eigenvalue weighted by Crippen LogP contribution is 2.31. The zero-order chi connectivity index (χ0) is 26.6. The molecule has 0 saturated carbocycles. The Labute approximate surface area is 236 Å². The molecule has 0 aromatic heterocycles. The number of amides is 3. The lowest BCUT2D eigenvalue weighted by molar-refractivity contribution is -0.123. The van der Waals surface area contributed by atoms with Crippen LogP contribution in [-0.2, 0) is 16.1 Å². The number of carbonyl (C=O) groups is 3. The largest absolute Gasteiger partial charge is 0.497 e. The summed E-state index contributed by atoms with van der Waals surface area (Å²) in [4.78, 5) is 46.0. The molecule has 3 aromatic rings. The monoisotopic (exact) mass is 623 g/mol. The maximum absolute atomic E-state index is 13.9. The van der Waals surface area contributed by atoms with Crippen LogP contribution < -0.4 is 9.64 Å². The molecule has 1 atom stereocenters.